The van der Waals surface area contributed by atoms with Gasteiger partial charge in [0.15, 0.2) is 24.3 Å². The number of ketones is 1. The summed E-state index contributed by atoms with van der Waals surface area (Å²) in [5, 5.41) is 57.2. The van der Waals surface area contributed by atoms with Crippen molar-refractivity contribution in [3.63, 3.8) is 0 Å². The van der Waals surface area contributed by atoms with Crippen molar-refractivity contribution < 1.29 is 49.3 Å². The van der Waals surface area contributed by atoms with E-state index in [0.717, 1.165) is 19.4 Å². The molecule has 47 heavy (non-hydrogen) atoms. The molecule has 0 spiro atoms. The van der Waals surface area contributed by atoms with Crippen LogP contribution in [0.5, 0.6) is 0 Å². The third-order valence-electron chi connectivity index (χ3n) is 10.4. The number of rotatable bonds is 13. The highest BCUT2D eigenvalue weighted by Crippen LogP contribution is 2.43. The molecule has 5 aliphatic rings. The van der Waals surface area contributed by atoms with E-state index in [-0.39, 0.29) is 50.0 Å². The average molecular weight is 675 g/mol. The zero-order valence-electron chi connectivity index (χ0n) is 26.5. The number of aliphatic imine (C=N–C) groups is 1. The molecule has 18 N–H and O–H groups in total. The lowest BCUT2D eigenvalue weighted by atomic mass is 9.76. The predicted octanol–water partition coefficient (Wildman–Crippen LogP) is -5.87. The number of nitrogens with one attached hydrogen (secondary N) is 1. The molecular weight excluding hydrogens is 620 g/mol. The van der Waals surface area contributed by atoms with Crippen LogP contribution in [-0.4, -0.2) is 148 Å². The summed E-state index contributed by atoms with van der Waals surface area (Å²) in [5.74, 6) is -1.18. The summed E-state index contributed by atoms with van der Waals surface area (Å²) in [7, 11) is 0. The molecule has 15 atom stereocenters. The molecule has 3 aliphatic carbocycles. The van der Waals surface area contributed by atoms with Gasteiger partial charge in [0.05, 0.1) is 36.9 Å². The molecule has 18 nitrogen and oxygen atoms in total. The van der Waals surface area contributed by atoms with Crippen LogP contribution in [0.4, 0.5) is 0 Å². The monoisotopic (exact) mass is 674 g/mol. The van der Waals surface area contributed by atoms with E-state index < -0.39 is 91.2 Å². The summed E-state index contributed by atoms with van der Waals surface area (Å²) < 4.78 is 24.4. The van der Waals surface area contributed by atoms with E-state index in [1.807, 2.05) is 0 Å². The Morgan fingerprint density at radius 3 is 2.30 bits per heavy atom. The number of aliphatic hydroxyl groups excluding tert-OH is 4. The smallest absolute Gasteiger partial charge is 0.186 e. The number of guanidine groups is 1. The second-order valence-corrected chi connectivity index (χ2v) is 14.0. The normalized spacial score (nSPS) is 48.4. The van der Waals surface area contributed by atoms with Crippen LogP contribution < -0.4 is 39.7 Å². The van der Waals surface area contributed by atoms with Crippen LogP contribution in [0.15, 0.2) is 4.99 Å². The Labute approximate surface area is 273 Å². The summed E-state index contributed by atoms with van der Waals surface area (Å²) in [6.45, 7) is 0.385. The first-order valence-corrected chi connectivity index (χ1v) is 16.6. The van der Waals surface area contributed by atoms with Crippen molar-refractivity contribution in [1.29, 1.82) is 0 Å². The minimum absolute atomic E-state index is 0.0280. The molecule has 0 amide bonds. The molecular formula is C29H54N8O10. The number of carbonyl (C=O) groups excluding carboxylic acids is 1. The van der Waals surface area contributed by atoms with Crippen LogP contribution in [0, 0.1) is 11.8 Å². The minimum Gasteiger partial charge on any atom is -0.394 e. The highest BCUT2D eigenvalue weighted by molar-refractivity contribution is 5.92. The van der Waals surface area contributed by atoms with Crippen molar-refractivity contribution in [2.45, 2.75) is 136 Å². The van der Waals surface area contributed by atoms with Crippen LogP contribution in [-0.2, 0) is 23.7 Å². The van der Waals surface area contributed by atoms with Gasteiger partial charge in [0, 0.05) is 31.5 Å². The molecule has 5 fully saturated rings. The molecule has 0 radical (unpaired) electrons. The number of ether oxygens (including phenoxy) is 4. The highest BCUT2D eigenvalue weighted by Gasteiger charge is 2.60. The van der Waals surface area contributed by atoms with Gasteiger partial charge in [0.25, 0.3) is 0 Å². The largest absolute Gasteiger partial charge is 0.394 e. The van der Waals surface area contributed by atoms with Gasteiger partial charge < -0.3 is 84.2 Å². The first kappa shape index (κ1) is 36.7. The summed E-state index contributed by atoms with van der Waals surface area (Å²) in [4.78, 5) is 17.3. The Bertz CT molecular complexity index is 1100. The SMILES string of the molecule is NC[C@@H]1CC[C@@H](NCC2CC(N)C2)[C@@H](OC2[C@@H](N)C[C@@H](CC(=O)C3(O)CC3N=C(N)N)[C@H](O[C@H]3O[C@H](CO)[C@@H](O)[C@H](N)[C@H]3O)[C@H]2O)O1. The van der Waals surface area contributed by atoms with Gasteiger partial charge in [0.2, 0.25) is 0 Å². The minimum atomic E-state index is -1.79. The molecule has 3 saturated carbocycles. The van der Waals surface area contributed by atoms with Crippen molar-refractivity contribution in [2.24, 2.45) is 51.2 Å². The number of Topliss-reactive ketones (excluding diaryl/α,β-unsaturated/α-hetero) is 1. The Kier molecular flexibility index (Phi) is 11.8. The maximum absolute atomic E-state index is 13.4. The Morgan fingerprint density at radius 2 is 1.66 bits per heavy atom. The molecule has 5 rings (SSSR count). The molecule has 18 heteroatoms. The van der Waals surface area contributed by atoms with E-state index in [1.54, 1.807) is 0 Å². The quantitative estimate of drug-likeness (QED) is 0.0639. The van der Waals surface area contributed by atoms with Gasteiger partial charge in [-0.1, -0.05) is 0 Å². The van der Waals surface area contributed by atoms with Crippen molar-refractivity contribution in [1.82, 2.24) is 5.32 Å². The van der Waals surface area contributed by atoms with E-state index >= 15 is 0 Å². The van der Waals surface area contributed by atoms with Crippen molar-refractivity contribution in [3.05, 3.63) is 0 Å². The zero-order valence-corrected chi connectivity index (χ0v) is 26.5. The second kappa shape index (κ2) is 15.1. The standard InChI is InChI=1S/C29H54N8O10/c30-8-14-1-2-16(36-9-11-3-13(31)4-11)26(44-14)47-25-15(32)5-12(6-19(39)29(43)7-18(29)37-28(34)35)24(23(25)42)46-27-22(41)20(33)21(40)17(10-38)45-27/h11-18,20-27,36,38,40-43H,1-10,30-33H2,(H4,34,35,37)/t11?,12-,13?,14-,15-,16+,17+,18?,20-,21+,22+,23+,24-,25?,26+,27+,29?/m0/s1. The molecule has 2 aliphatic heterocycles. The van der Waals surface area contributed by atoms with Gasteiger partial charge >= 0.3 is 0 Å². The van der Waals surface area contributed by atoms with Gasteiger partial charge in [-0.05, 0) is 50.5 Å². The van der Waals surface area contributed by atoms with Crippen LogP contribution in [0.25, 0.3) is 0 Å². The van der Waals surface area contributed by atoms with E-state index in [9.17, 15) is 30.3 Å². The maximum atomic E-state index is 13.4. The third-order valence-corrected chi connectivity index (χ3v) is 10.4. The molecule has 2 saturated heterocycles. The lowest BCUT2D eigenvalue weighted by Gasteiger charge is -2.48. The summed E-state index contributed by atoms with van der Waals surface area (Å²) in [5.41, 5.74) is 33.6. The number of nitrogens with two attached hydrogens (primary N) is 6. The van der Waals surface area contributed by atoms with Gasteiger partial charge in [-0.3, -0.25) is 4.79 Å². The fourth-order valence-corrected chi connectivity index (χ4v) is 7.35. The molecule has 0 bridgehead atoms. The maximum Gasteiger partial charge on any atom is 0.186 e. The van der Waals surface area contributed by atoms with Gasteiger partial charge in [0.1, 0.15) is 36.1 Å². The highest BCUT2D eigenvalue weighted by atomic mass is 16.7. The van der Waals surface area contributed by atoms with E-state index in [2.05, 4.69) is 10.3 Å². The van der Waals surface area contributed by atoms with Gasteiger partial charge in [-0.25, -0.2) is 4.99 Å². The van der Waals surface area contributed by atoms with Crippen LogP contribution in [0.1, 0.15) is 44.9 Å². The van der Waals surface area contributed by atoms with E-state index in [0.29, 0.717) is 18.8 Å². The lowest BCUT2D eigenvalue weighted by Crippen LogP contribution is -2.66. The summed E-state index contributed by atoms with van der Waals surface area (Å²) in [6.07, 6.45) is -7.32. The van der Waals surface area contributed by atoms with E-state index in [1.165, 1.54) is 0 Å². The third kappa shape index (κ3) is 8.07. The number of hydrogen-bond acceptors (Lipinski definition) is 16. The summed E-state index contributed by atoms with van der Waals surface area (Å²) in [6, 6.07) is -2.86. The first-order chi connectivity index (χ1) is 22.2. The fraction of sp³-hybridized carbons (Fsp3) is 0.931. The molecule has 0 aromatic rings. The number of nitrogens with zero attached hydrogens (tertiary/aromatic N) is 1. The topological polar surface area (TPSA) is 336 Å². The van der Waals surface area contributed by atoms with Crippen molar-refractivity contribution >= 4 is 11.7 Å². The van der Waals surface area contributed by atoms with Crippen LogP contribution in [0.3, 0.4) is 0 Å². The Balaban J connectivity index is 1.34. The van der Waals surface area contributed by atoms with Crippen LogP contribution >= 0.6 is 0 Å². The Morgan fingerprint density at radius 1 is 0.957 bits per heavy atom. The average Bonchev–Trinajstić information content (AvgIpc) is 3.67. The van der Waals surface area contributed by atoms with Crippen molar-refractivity contribution in [3.8, 4) is 0 Å². The lowest BCUT2D eigenvalue weighted by molar-refractivity contribution is -0.318. The van der Waals surface area contributed by atoms with E-state index in [4.69, 9.17) is 53.3 Å². The summed E-state index contributed by atoms with van der Waals surface area (Å²) >= 11 is 0. The number of hydrogen-bond donors (Lipinski definition) is 12. The fourth-order valence-electron chi connectivity index (χ4n) is 7.35. The van der Waals surface area contributed by atoms with Crippen LogP contribution in [0.2, 0.25) is 0 Å². The molecule has 2 heterocycles. The predicted molar refractivity (Wildman–Crippen MR) is 166 cm³/mol. The molecule has 0 aromatic heterocycles. The number of carbonyl (C=O) groups is 1. The van der Waals surface area contributed by atoms with Gasteiger partial charge in [-0.15, -0.1) is 0 Å². The number of aliphatic hydroxyl groups is 5. The Hall–Kier alpha value is -1.62. The molecule has 3 unspecified atom stereocenters. The van der Waals surface area contributed by atoms with Crippen molar-refractivity contribution in [2.75, 3.05) is 19.7 Å². The molecule has 0 aromatic carbocycles. The second-order valence-electron chi connectivity index (χ2n) is 14.0. The first-order valence-electron chi connectivity index (χ1n) is 16.6. The molecule has 270 valence electrons. The zero-order chi connectivity index (χ0) is 34.2. The van der Waals surface area contributed by atoms with Gasteiger partial charge in [-0.2, -0.15) is 0 Å².